The van der Waals surface area contributed by atoms with Crippen LogP contribution in [0.4, 0.5) is 0 Å². The van der Waals surface area contributed by atoms with Gasteiger partial charge in [-0.3, -0.25) is 0 Å². The van der Waals surface area contributed by atoms with E-state index in [1.165, 1.54) is 9.13 Å². The minimum absolute atomic E-state index is 0.0364. The van der Waals surface area contributed by atoms with Crippen molar-refractivity contribution in [2.75, 3.05) is 7.05 Å². The molecule has 1 N–H and O–H groups in total. The van der Waals surface area contributed by atoms with Crippen LogP contribution in [0.15, 0.2) is 52.9 Å². The summed E-state index contributed by atoms with van der Waals surface area (Å²) in [6.07, 6.45) is 0. The molecule has 20 heavy (non-hydrogen) atoms. The summed E-state index contributed by atoms with van der Waals surface area (Å²) in [7, 11) is 1.94. The second kappa shape index (κ2) is 5.76. The zero-order chi connectivity index (χ0) is 14.1. The Morgan fingerprint density at radius 1 is 1.15 bits per heavy atom. The molecule has 3 aromatic rings. The number of fused-ring (bicyclic) bond motifs is 1. The van der Waals surface area contributed by atoms with Gasteiger partial charge in [-0.2, -0.15) is 0 Å². The van der Waals surface area contributed by atoms with Crippen molar-refractivity contribution in [1.29, 1.82) is 0 Å². The van der Waals surface area contributed by atoms with Crippen LogP contribution in [0.25, 0.3) is 11.0 Å². The van der Waals surface area contributed by atoms with E-state index in [1.807, 2.05) is 43.4 Å². The molecular weight excluding hydrogens is 385 g/mol. The van der Waals surface area contributed by atoms with E-state index < -0.39 is 0 Å². The van der Waals surface area contributed by atoms with Crippen LogP contribution < -0.4 is 5.32 Å². The lowest BCUT2D eigenvalue weighted by atomic mass is 10.0. The number of benzene rings is 2. The third kappa shape index (κ3) is 2.57. The summed E-state index contributed by atoms with van der Waals surface area (Å²) in [4.78, 5) is 0. The Kier molecular flexibility index (Phi) is 4.01. The first kappa shape index (κ1) is 13.9. The van der Waals surface area contributed by atoms with E-state index in [9.17, 15) is 0 Å². The highest BCUT2D eigenvalue weighted by molar-refractivity contribution is 14.1. The van der Waals surface area contributed by atoms with Crippen LogP contribution in [0.1, 0.15) is 17.4 Å². The molecule has 0 saturated carbocycles. The van der Waals surface area contributed by atoms with Crippen molar-refractivity contribution < 1.29 is 4.42 Å². The number of hydrogen-bond acceptors (Lipinski definition) is 2. The molecule has 4 heteroatoms. The zero-order valence-corrected chi connectivity index (χ0v) is 13.8. The molecule has 0 amide bonds. The molecular formula is C16H13ClINO. The number of rotatable bonds is 3. The van der Waals surface area contributed by atoms with Gasteiger partial charge >= 0.3 is 0 Å². The van der Waals surface area contributed by atoms with Gasteiger partial charge in [-0.15, -0.1) is 0 Å². The van der Waals surface area contributed by atoms with Gasteiger partial charge in [-0.1, -0.05) is 29.8 Å². The molecule has 2 aromatic carbocycles. The summed E-state index contributed by atoms with van der Waals surface area (Å²) in [5.74, 6) is 0.897. The normalized spacial score (nSPS) is 12.8. The fourth-order valence-corrected chi connectivity index (χ4v) is 3.22. The quantitative estimate of drug-likeness (QED) is 0.629. The first-order chi connectivity index (χ1) is 9.69. The van der Waals surface area contributed by atoms with E-state index >= 15 is 0 Å². The van der Waals surface area contributed by atoms with E-state index in [0.717, 1.165) is 21.8 Å². The van der Waals surface area contributed by atoms with Crippen molar-refractivity contribution in [2.24, 2.45) is 0 Å². The van der Waals surface area contributed by atoms with Crippen LogP contribution in [0, 0.1) is 3.57 Å². The molecule has 2 nitrogen and oxygen atoms in total. The van der Waals surface area contributed by atoms with Gasteiger partial charge in [0, 0.05) is 14.0 Å². The summed E-state index contributed by atoms with van der Waals surface area (Å²) in [5, 5.41) is 5.07. The van der Waals surface area contributed by atoms with E-state index in [2.05, 4.69) is 40.0 Å². The largest absolute Gasteiger partial charge is 0.459 e. The van der Waals surface area contributed by atoms with Crippen molar-refractivity contribution in [3.05, 3.63) is 68.4 Å². The smallest absolute Gasteiger partial charge is 0.134 e. The number of halogens is 2. The fourth-order valence-electron chi connectivity index (χ4n) is 2.34. The molecule has 0 spiro atoms. The van der Waals surface area contributed by atoms with Crippen LogP contribution >= 0.6 is 34.2 Å². The molecule has 0 fully saturated rings. The maximum absolute atomic E-state index is 6.03. The molecule has 0 radical (unpaired) electrons. The number of furan rings is 1. The van der Waals surface area contributed by atoms with Crippen molar-refractivity contribution in [3.63, 3.8) is 0 Å². The highest BCUT2D eigenvalue weighted by Crippen LogP contribution is 2.31. The molecule has 1 aromatic heterocycles. The van der Waals surface area contributed by atoms with Gasteiger partial charge < -0.3 is 9.73 Å². The Morgan fingerprint density at radius 3 is 2.70 bits per heavy atom. The van der Waals surface area contributed by atoms with Crippen molar-refractivity contribution in [3.8, 4) is 0 Å². The predicted octanol–water partition coefficient (Wildman–Crippen LogP) is 5.00. The SMILES string of the molecule is CNC(c1cc2cc(Cl)ccc2o1)c1ccccc1I. The monoisotopic (exact) mass is 397 g/mol. The second-order valence-corrected chi connectivity index (χ2v) is 6.17. The third-order valence-electron chi connectivity index (χ3n) is 3.29. The van der Waals surface area contributed by atoms with Gasteiger partial charge in [0.1, 0.15) is 11.3 Å². The minimum atomic E-state index is 0.0364. The second-order valence-electron chi connectivity index (χ2n) is 4.57. The first-order valence-electron chi connectivity index (χ1n) is 6.29. The maximum atomic E-state index is 6.03. The Labute approximate surface area is 136 Å². The van der Waals surface area contributed by atoms with Gasteiger partial charge in [0.15, 0.2) is 0 Å². The molecule has 1 heterocycles. The van der Waals surface area contributed by atoms with Crippen LogP contribution in [0.3, 0.4) is 0 Å². The summed E-state index contributed by atoms with van der Waals surface area (Å²) < 4.78 is 7.17. The molecule has 0 aliphatic carbocycles. The summed E-state index contributed by atoms with van der Waals surface area (Å²) in [5.41, 5.74) is 2.07. The van der Waals surface area contributed by atoms with Gasteiger partial charge in [-0.05, 0) is 65.5 Å². The van der Waals surface area contributed by atoms with E-state index in [4.69, 9.17) is 16.0 Å². The fraction of sp³-hybridized carbons (Fsp3) is 0.125. The van der Waals surface area contributed by atoms with Gasteiger partial charge in [0.2, 0.25) is 0 Å². The number of hydrogen-bond donors (Lipinski definition) is 1. The topological polar surface area (TPSA) is 25.2 Å². The molecule has 102 valence electrons. The van der Waals surface area contributed by atoms with Gasteiger partial charge in [0.05, 0.1) is 6.04 Å². The number of nitrogens with one attached hydrogen (secondary N) is 1. The van der Waals surface area contributed by atoms with Crippen LogP contribution in [-0.4, -0.2) is 7.05 Å². The molecule has 0 bridgehead atoms. The van der Waals surface area contributed by atoms with Crippen molar-refractivity contribution >= 4 is 45.2 Å². The summed E-state index contributed by atoms with van der Waals surface area (Å²) >= 11 is 8.37. The lowest BCUT2D eigenvalue weighted by Gasteiger charge is -2.15. The molecule has 3 rings (SSSR count). The van der Waals surface area contributed by atoms with Gasteiger partial charge in [-0.25, -0.2) is 0 Å². The average molecular weight is 398 g/mol. The Hall–Kier alpha value is -1.04. The summed E-state index contributed by atoms with van der Waals surface area (Å²) in [6, 6.07) is 16.1. The maximum Gasteiger partial charge on any atom is 0.134 e. The van der Waals surface area contributed by atoms with Gasteiger partial charge in [0.25, 0.3) is 0 Å². The van der Waals surface area contributed by atoms with Crippen LogP contribution in [-0.2, 0) is 0 Å². The Balaban J connectivity index is 2.10. The van der Waals surface area contributed by atoms with E-state index in [0.29, 0.717) is 0 Å². The van der Waals surface area contributed by atoms with Crippen LogP contribution in [0.5, 0.6) is 0 Å². The van der Waals surface area contributed by atoms with E-state index in [-0.39, 0.29) is 6.04 Å². The lowest BCUT2D eigenvalue weighted by Crippen LogP contribution is -2.18. The third-order valence-corrected chi connectivity index (χ3v) is 4.50. The predicted molar refractivity (Wildman–Crippen MR) is 91.3 cm³/mol. The minimum Gasteiger partial charge on any atom is -0.459 e. The summed E-state index contributed by atoms with van der Waals surface area (Å²) in [6.45, 7) is 0. The highest BCUT2D eigenvalue weighted by atomic mass is 127. The standard InChI is InChI=1S/C16H13ClINO/c1-19-16(12-4-2-3-5-13(12)18)15-9-10-8-11(17)6-7-14(10)20-15/h2-9,16,19H,1H3. The van der Waals surface area contributed by atoms with Crippen molar-refractivity contribution in [1.82, 2.24) is 5.32 Å². The highest BCUT2D eigenvalue weighted by Gasteiger charge is 2.18. The molecule has 0 saturated heterocycles. The molecule has 1 atom stereocenters. The van der Waals surface area contributed by atoms with Crippen LogP contribution in [0.2, 0.25) is 5.02 Å². The molecule has 0 aliphatic heterocycles. The molecule has 1 unspecified atom stereocenters. The zero-order valence-electron chi connectivity index (χ0n) is 10.9. The molecule has 0 aliphatic rings. The van der Waals surface area contributed by atoms with E-state index in [1.54, 1.807) is 0 Å². The average Bonchev–Trinajstić information content (AvgIpc) is 2.84. The Morgan fingerprint density at radius 2 is 1.95 bits per heavy atom. The lowest BCUT2D eigenvalue weighted by molar-refractivity contribution is 0.491. The Bertz CT molecular complexity index is 753. The first-order valence-corrected chi connectivity index (χ1v) is 7.75. The van der Waals surface area contributed by atoms with Crippen molar-refractivity contribution in [2.45, 2.75) is 6.04 Å².